The van der Waals surface area contributed by atoms with Crippen LogP contribution in [0, 0.1) is 11.8 Å². The molecule has 88 valence electrons. The highest BCUT2D eigenvalue weighted by Gasteiger charge is 2.43. The fourth-order valence-electron chi connectivity index (χ4n) is 2.96. The SMILES string of the molecule is Nc1nc2cnccc2n1C(C1CC1)C1CC1. The van der Waals surface area contributed by atoms with Gasteiger partial charge >= 0.3 is 0 Å². The molecule has 2 aliphatic rings. The molecule has 2 heterocycles. The normalized spacial score (nSPS) is 20.3. The Balaban J connectivity index is 1.90. The number of nitrogen functional groups attached to an aromatic ring is 1. The van der Waals surface area contributed by atoms with Crippen molar-refractivity contribution in [3.05, 3.63) is 18.5 Å². The van der Waals surface area contributed by atoms with Crippen LogP contribution >= 0.6 is 0 Å². The summed E-state index contributed by atoms with van der Waals surface area (Å²) in [6.07, 6.45) is 9.04. The van der Waals surface area contributed by atoms with Gasteiger partial charge in [0, 0.05) is 12.2 Å². The van der Waals surface area contributed by atoms with Crippen LogP contribution in [0.15, 0.2) is 18.5 Å². The molecule has 0 saturated heterocycles. The summed E-state index contributed by atoms with van der Waals surface area (Å²) in [6, 6.07) is 2.62. The lowest BCUT2D eigenvalue weighted by Crippen LogP contribution is -2.15. The second-order valence-corrected chi connectivity index (χ2v) is 5.37. The largest absolute Gasteiger partial charge is 0.369 e. The van der Waals surface area contributed by atoms with Crippen LogP contribution in [0.4, 0.5) is 5.95 Å². The zero-order valence-corrected chi connectivity index (χ0v) is 9.71. The van der Waals surface area contributed by atoms with Gasteiger partial charge in [0.2, 0.25) is 5.95 Å². The van der Waals surface area contributed by atoms with Crippen LogP contribution in [0.25, 0.3) is 11.0 Å². The lowest BCUT2D eigenvalue weighted by atomic mass is 10.1. The van der Waals surface area contributed by atoms with Gasteiger partial charge in [-0.15, -0.1) is 0 Å². The molecule has 2 aromatic heterocycles. The molecule has 0 aliphatic heterocycles. The topological polar surface area (TPSA) is 56.7 Å². The quantitative estimate of drug-likeness (QED) is 0.877. The molecular formula is C13H16N4. The number of imidazole rings is 1. The second kappa shape index (κ2) is 3.22. The summed E-state index contributed by atoms with van der Waals surface area (Å²) in [7, 11) is 0. The van der Waals surface area contributed by atoms with Gasteiger partial charge in [0.05, 0.1) is 11.7 Å². The van der Waals surface area contributed by atoms with Gasteiger partial charge in [0.25, 0.3) is 0 Å². The molecule has 4 nitrogen and oxygen atoms in total. The number of hydrogen-bond donors (Lipinski definition) is 1. The molecule has 2 aromatic rings. The number of pyridine rings is 1. The van der Waals surface area contributed by atoms with E-state index < -0.39 is 0 Å². The van der Waals surface area contributed by atoms with Gasteiger partial charge in [-0.1, -0.05) is 0 Å². The third-order valence-electron chi connectivity index (χ3n) is 4.03. The minimum Gasteiger partial charge on any atom is -0.369 e. The van der Waals surface area contributed by atoms with E-state index in [4.69, 9.17) is 5.73 Å². The molecule has 2 fully saturated rings. The van der Waals surface area contributed by atoms with Crippen LogP contribution in [0.2, 0.25) is 0 Å². The summed E-state index contributed by atoms with van der Waals surface area (Å²) < 4.78 is 2.27. The molecule has 4 rings (SSSR count). The maximum absolute atomic E-state index is 6.11. The molecule has 4 heteroatoms. The number of nitrogens with two attached hydrogens (primary N) is 1. The van der Waals surface area contributed by atoms with E-state index >= 15 is 0 Å². The maximum atomic E-state index is 6.11. The Morgan fingerprint density at radius 2 is 1.94 bits per heavy atom. The van der Waals surface area contributed by atoms with Gasteiger partial charge in [0.1, 0.15) is 5.52 Å². The zero-order valence-electron chi connectivity index (χ0n) is 9.71. The van der Waals surface area contributed by atoms with Crippen LogP contribution in [-0.4, -0.2) is 14.5 Å². The first-order chi connectivity index (χ1) is 8.34. The fourth-order valence-corrected chi connectivity index (χ4v) is 2.96. The van der Waals surface area contributed by atoms with E-state index in [2.05, 4.69) is 14.5 Å². The third kappa shape index (κ3) is 1.43. The second-order valence-electron chi connectivity index (χ2n) is 5.37. The van der Waals surface area contributed by atoms with E-state index in [1.165, 1.54) is 25.7 Å². The van der Waals surface area contributed by atoms with E-state index in [1.807, 2.05) is 12.3 Å². The van der Waals surface area contributed by atoms with Crippen molar-refractivity contribution in [3.8, 4) is 0 Å². The monoisotopic (exact) mass is 228 g/mol. The molecule has 2 saturated carbocycles. The first kappa shape index (κ1) is 9.45. The Bertz CT molecular complexity index is 554. The Labute approximate surface area is 99.9 Å². The van der Waals surface area contributed by atoms with Crippen molar-refractivity contribution >= 4 is 17.0 Å². The van der Waals surface area contributed by atoms with Crippen molar-refractivity contribution < 1.29 is 0 Å². The van der Waals surface area contributed by atoms with Crippen LogP contribution in [0.3, 0.4) is 0 Å². The summed E-state index contributed by atoms with van der Waals surface area (Å²) in [5, 5.41) is 0. The van der Waals surface area contributed by atoms with Crippen molar-refractivity contribution in [2.75, 3.05) is 5.73 Å². The number of rotatable bonds is 3. The minimum absolute atomic E-state index is 0.586. The van der Waals surface area contributed by atoms with E-state index in [9.17, 15) is 0 Å². The summed E-state index contributed by atoms with van der Waals surface area (Å²) in [5.41, 5.74) is 8.19. The maximum Gasteiger partial charge on any atom is 0.201 e. The number of fused-ring (bicyclic) bond motifs is 1. The van der Waals surface area contributed by atoms with E-state index in [1.54, 1.807) is 6.20 Å². The minimum atomic E-state index is 0.586. The smallest absolute Gasteiger partial charge is 0.201 e. The van der Waals surface area contributed by atoms with Crippen LogP contribution in [0.5, 0.6) is 0 Å². The van der Waals surface area contributed by atoms with Crippen molar-refractivity contribution in [2.45, 2.75) is 31.7 Å². The van der Waals surface area contributed by atoms with Crippen LogP contribution < -0.4 is 5.73 Å². The summed E-state index contributed by atoms with van der Waals surface area (Å²) in [4.78, 5) is 8.55. The first-order valence-electron chi connectivity index (χ1n) is 6.42. The van der Waals surface area contributed by atoms with Crippen LogP contribution in [0.1, 0.15) is 31.7 Å². The fraction of sp³-hybridized carbons (Fsp3) is 0.538. The number of aromatic nitrogens is 3. The summed E-state index contributed by atoms with van der Waals surface area (Å²) >= 11 is 0. The highest BCUT2D eigenvalue weighted by molar-refractivity contribution is 5.77. The van der Waals surface area contributed by atoms with Gasteiger partial charge in [-0.3, -0.25) is 4.98 Å². The van der Waals surface area contributed by atoms with Gasteiger partial charge < -0.3 is 10.3 Å². The summed E-state index contributed by atoms with van der Waals surface area (Å²) in [6.45, 7) is 0. The molecule has 0 unspecified atom stereocenters. The Morgan fingerprint density at radius 3 is 2.59 bits per heavy atom. The molecule has 0 spiro atoms. The highest BCUT2D eigenvalue weighted by Crippen LogP contribution is 2.53. The number of hydrogen-bond acceptors (Lipinski definition) is 3. The predicted octanol–water partition coefficient (Wildman–Crippen LogP) is 2.37. The average Bonchev–Trinajstić information content (AvgIpc) is 3.21. The van der Waals surface area contributed by atoms with E-state index in [0.29, 0.717) is 12.0 Å². The molecule has 2 N–H and O–H groups in total. The van der Waals surface area contributed by atoms with Crippen molar-refractivity contribution in [3.63, 3.8) is 0 Å². The van der Waals surface area contributed by atoms with Gasteiger partial charge in [-0.25, -0.2) is 4.98 Å². The lowest BCUT2D eigenvalue weighted by molar-refractivity contribution is 0.409. The van der Waals surface area contributed by atoms with E-state index in [0.717, 1.165) is 22.9 Å². The summed E-state index contributed by atoms with van der Waals surface area (Å²) in [5.74, 6) is 2.32. The molecule has 0 aromatic carbocycles. The van der Waals surface area contributed by atoms with Gasteiger partial charge in [0.15, 0.2) is 0 Å². The average molecular weight is 228 g/mol. The molecule has 0 radical (unpaired) electrons. The highest BCUT2D eigenvalue weighted by atomic mass is 15.2. The van der Waals surface area contributed by atoms with Crippen LogP contribution in [-0.2, 0) is 0 Å². The molecule has 0 amide bonds. The zero-order chi connectivity index (χ0) is 11.4. The molecule has 17 heavy (non-hydrogen) atoms. The van der Waals surface area contributed by atoms with Gasteiger partial charge in [-0.05, 0) is 43.6 Å². The Kier molecular flexibility index (Phi) is 1.79. The van der Waals surface area contributed by atoms with E-state index in [-0.39, 0.29) is 0 Å². The number of anilines is 1. The lowest BCUT2D eigenvalue weighted by Gasteiger charge is -2.19. The molecule has 0 bridgehead atoms. The predicted molar refractivity (Wildman–Crippen MR) is 66.4 cm³/mol. The standard InChI is InChI=1S/C13H16N4/c14-13-16-10-7-15-6-5-11(10)17(13)12(8-1-2-8)9-3-4-9/h5-9,12H,1-4H2,(H2,14,16). The van der Waals surface area contributed by atoms with Crippen molar-refractivity contribution in [1.29, 1.82) is 0 Å². The number of nitrogens with zero attached hydrogens (tertiary/aromatic N) is 3. The Morgan fingerprint density at radius 1 is 1.24 bits per heavy atom. The Hall–Kier alpha value is -1.58. The first-order valence-corrected chi connectivity index (χ1v) is 6.42. The molecular weight excluding hydrogens is 212 g/mol. The molecule has 2 aliphatic carbocycles. The van der Waals surface area contributed by atoms with Crippen molar-refractivity contribution in [1.82, 2.24) is 14.5 Å². The van der Waals surface area contributed by atoms with Gasteiger partial charge in [-0.2, -0.15) is 0 Å². The third-order valence-corrected chi connectivity index (χ3v) is 4.03. The van der Waals surface area contributed by atoms with Crippen molar-refractivity contribution in [2.24, 2.45) is 11.8 Å². The molecule has 0 atom stereocenters.